The number of aliphatic hydroxyl groups is 2. The maximum absolute atomic E-state index is 12.3. The van der Waals surface area contributed by atoms with Gasteiger partial charge in [-0.3, -0.25) is 9.59 Å². The predicted octanol–water partition coefficient (Wildman–Crippen LogP) is 2.81. The quantitative estimate of drug-likeness (QED) is 0.766. The molecule has 0 aromatic carbocycles. The van der Waals surface area contributed by atoms with Crippen molar-refractivity contribution in [1.29, 1.82) is 0 Å². The summed E-state index contributed by atoms with van der Waals surface area (Å²) < 4.78 is 0. The monoisotopic (exact) mass is 346 g/mol. The molecule has 0 aromatic heterocycles. The highest BCUT2D eigenvalue weighted by atomic mass is 16.3. The van der Waals surface area contributed by atoms with Crippen LogP contribution in [0.15, 0.2) is 11.6 Å². The van der Waals surface area contributed by atoms with Crippen LogP contribution in [-0.4, -0.2) is 33.5 Å². The number of allylic oxidation sites excluding steroid dienone is 1. The standard InChI is InChI=1S/C21H30O4/c1-12(22)21(25)11-17(24)18-15-5-4-13-10-14(23)6-8-19(13,2)16(15)7-9-20(18,21)3/h10,15-18,24-25H,4-9,11H2,1-3H3. The van der Waals surface area contributed by atoms with Crippen molar-refractivity contribution in [3.8, 4) is 0 Å². The number of rotatable bonds is 1. The molecule has 4 aliphatic carbocycles. The number of hydrogen-bond donors (Lipinski definition) is 2. The van der Waals surface area contributed by atoms with Crippen LogP contribution in [0.4, 0.5) is 0 Å². The number of carbonyl (C=O) groups is 2. The van der Waals surface area contributed by atoms with E-state index in [1.165, 1.54) is 12.5 Å². The smallest absolute Gasteiger partial charge is 0.161 e. The molecule has 3 fully saturated rings. The van der Waals surface area contributed by atoms with Crippen LogP contribution in [0.5, 0.6) is 0 Å². The Labute approximate surface area is 149 Å². The number of hydrogen-bond acceptors (Lipinski definition) is 4. The summed E-state index contributed by atoms with van der Waals surface area (Å²) >= 11 is 0. The third-order valence-electron chi connectivity index (χ3n) is 8.66. The van der Waals surface area contributed by atoms with E-state index in [0.29, 0.717) is 18.3 Å². The van der Waals surface area contributed by atoms with Gasteiger partial charge in [-0.1, -0.05) is 19.4 Å². The number of ketones is 2. The second kappa shape index (κ2) is 5.26. The van der Waals surface area contributed by atoms with Gasteiger partial charge >= 0.3 is 0 Å². The maximum Gasteiger partial charge on any atom is 0.161 e. The fourth-order valence-corrected chi connectivity index (χ4v) is 7.21. The minimum atomic E-state index is -1.40. The summed E-state index contributed by atoms with van der Waals surface area (Å²) in [5.74, 6) is 0.760. The molecular formula is C21H30O4. The average Bonchev–Trinajstić information content (AvgIpc) is 2.75. The second-order valence-corrected chi connectivity index (χ2v) is 9.53. The first-order valence-electron chi connectivity index (χ1n) is 9.79. The normalized spacial score (nSPS) is 52.0. The summed E-state index contributed by atoms with van der Waals surface area (Å²) in [6.07, 6.45) is 6.53. The van der Waals surface area contributed by atoms with E-state index in [0.717, 1.165) is 32.1 Å². The molecule has 4 rings (SSSR count). The van der Waals surface area contributed by atoms with Crippen LogP contribution in [0.1, 0.15) is 65.7 Å². The number of fused-ring (bicyclic) bond motifs is 5. The lowest BCUT2D eigenvalue weighted by Gasteiger charge is -2.59. The highest BCUT2D eigenvalue weighted by molar-refractivity contribution is 5.91. The van der Waals surface area contributed by atoms with Crippen molar-refractivity contribution in [2.75, 3.05) is 0 Å². The molecule has 4 nitrogen and oxygen atoms in total. The van der Waals surface area contributed by atoms with Gasteiger partial charge in [0.2, 0.25) is 0 Å². The van der Waals surface area contributed by atoms with E-state index in [2.05, 4.69) is 6.92 Å². The number of Topliss-reactive ketones (excluding diaryl/α,β-unsaturated/α-hetero) is 1. The van der Waals surface area contributed by atoms with Gasteiger partial charge in [0.15, 0.2) is 11.6 Å². The Bertz CT molecular complexity index is 667. The summed E-state index contributed by atoms with van der Waals surface area (Å²) in [5.41, 5.74) is -0.610. The minimum Gasteiger partial charge on any atom is -0.393 e. The first-order valence-corrected chi connectivity index (χ1v) is 9.79. The molecule has 3 saturated carbocycles. The van der Waals surface area contributed by atoms with Crippen molar-refractivity contribution in [3.63, 3.8) is 0 Å². The highest BCUT2D eigenvalue weighted by Gasteiger charge is 2.68. The molecule has 4 aliphatic rings. The molecule has 25 heavy (non-hydrogen) atoms. The summed E-state index contributed by atoms with van der Waals surface area (Å²) in [4.78, 5) is 24.1. The first-order chi connectivity index (χ1) is 11.6. The Morgan fingerprint density at radius 2 is 1.92 bits per heavy atom. The van der Waals surface area contributed by atoms with Gasteiger partial charge in [0.1, 0.15) is 5.60 Å². The van der Waals surface area contributed by atoms with Crippen LogP contribution < -0.4 is 0 Å². The van der Waals surface area contributed by atoms with Crippen LogP contribution in [0.2, 0.25) is 0 Å². The lowest BCUT2D eigenvalue weighted by Crippen LogP contribution is -2.57. The van der Waals surface area contributed by atoms with Crippen LogP contribution in [0.25, 0.3) is 0 Å². The predicted molar refractivity (Wildman–Crippen MR) is 93.7 cm³/mol. The molecule has 0 spiro atoms. The third kappa shape index (κ3) is 2.07. The van der Waals surface area contributed by atoms with E-state index in [1.54, 1.807) is 0 Å². The Morgan fingerprint density at radius 3 is 2.60 bits per heavy atom. The molecule has 7 unspecified atom stereocenters. The Hall–Kier alpha value is -1.00. The van der Waals surface area contributed by atoms with Crippen LogP contribution in [-0.2, 0) is 9.59 Å². The second-order valence-electron chi connectivity index (χ2n) is 9.53. The van der Waals surface area contributed by atoms with Crippen LogP contribution in [0, 0.1) is 28.6 Å². The average molecular weight is 346 g/mol. The van der Waals surface area contributed by atoms with Crippen LogP contribution in [0.3, 0.4) is 0 Å². The fraction of sp³-hybridized carbons (Fsp3) is 0.810. The largest absolute Gasteiger partial charge is 0.393 e. The van der Waals surface area contributed by atoms with E-state index in [4.69, 9.17) is 0 Å². The van der Waals surface area contributed by atoms with Gasteiger partial charge in [0.25, 0.3) is 0 Å². The van der Waals surface area contributed by atoms with Crippen molar-refractivity contribution < 1.29 is 19.8 Å². The van der Waals surface area contributed by atoms with Gasteiger partial charge in [-0.2, -0.15) is 0 Å². The minimum absolute atomic E-state index is 0.0313. The molecule has 0 aromatic rings. The van der Waals surface area contributed by atoms with Gasteiger partial charge in [0.05, 0.1) is 6.10 Å². The zero-order valence-corrected chi connectivity index (χ0v) is 15.5. The molecule has 7 atom stereocenters. The lowest BCUT2D eigenvalue weighted by atomic mass is 9.46. The lowest BCUT2D eigenvalue weighted by molar-refractivity contribution is -0.161. The molecule has 0 radical (unpaired) electrons. The van der Waals surface area contributed by atoms with Crippen molar-refractivity contribution in [3.05, 3.63) is 11.6 Å². The summed E-state index contributed by atoms with van der Waals surface area (Å²) in [5, 5.41) is 22.0. The van der Waals surface area contributed by atoms with E-state index >= 15 is 0 Å². The molecule has 0 amide bonds. The fourth-order valence-electron chi connectivity index (χ4n) is 7.21. The summed E-state index contributed by atoms with van der Waals surface area (Å²) in [7, 11) is 0. The Morgan fingerprint density at radius 1 is 1.20 bits per heavy atom. The Balaban J connectivity index is 1.74. The number of carbonyl (C=O) groups excluding carboxylic acids is 2. The van der Waals surface area contributed by atoms with Gasteiger partial charge in [-0.05, 0) is 68.3 Å². The molecular weight excluding hydrogens is 316 g/mol. The zero-order chi connectivity index (χ0) is 18.2. The van der Waals surface area contributed by atoms with Crippen molar-refractivity contribution >= 4 is 11.6 Å². The van der Waals surface area contributed by atoms with Gasteiger partial charge in [-0.15, -0.1) is 0 Å². The summed E-state index contributed by atoms with van der Waals surface area (Å²) in [6.45, 7) is 5.77. The molecule has 0 aliphatic heterocycles. The van der Waals surface area contributed by atoms with Gasteiger partial charge in [0, 0.05) is 18.3 Å². The Kier molecular flexibility index (Phi) is 3.66. The first kappa shape index (κ1) is 17.4. The van der Waals surface area contributed by atoms with Gasteiger partial charge < -0.3 is 10.2 Å². The summed E-state index contributed by atoms with van der Waals surface area (Å²) in [6, 6.07) is 0. The highest BCUT2D eigenvalue weighted by Crippen LogP contribution is 2.67. The topological polar surface area (TPSA) is 74.6 Å². The van der Waals surface area contributed by atoms with Crippen molar-refractivity contribution in [2.24, 2.45) is 28.6 Å². The third-order valence-corrected chi connectivity index (χ3v) is 8.66. The maximum atomic E-state index is 12.3. The van der Waals surface area contributed by atoms with E-state index in [9.17, 15) is 19.8 Å². The molecule has 0 heterocycles. The van der Waals surface area contributed by atoms with Crippen LogP contribution >= 0.6 is 0 Å². The SMILES string of the molecule is CC(=O)C1(O)CC(O)C2C3CCC4=CC(=O)CCC4(C)C3CCC21C. The van der Waals surface area contributed by atoms with E-state index < -0.39 is 17.1 Å². The van der Waals surface area contributed by atoms with Crippen molar-refractivity contribution in [1.82, 2.24) is 0 Å². The molecule has 0 bridgehead atoms. The number of aliphatic hydroxyl groups excluding tert-OH is 1. The molecule has 2 N–H and O–H groups in total. The van der Waals surface area contributed by atoms with Gasteiger partial charge in [-0.25, -0.2) is 0 Å². The molecule has 4 heteroatoms. The van der Waals surface area contributed by atoms with E-state index in [1.807, 2.05) is 13.0 Å². The zero-order valence-electron chi connectivity index (χ0n) is 15.5. The molecule has 0 saturated heterocycles. The van der Waals surface area contributed by atoms with Crippen molar-refractivity contribution in [2.45, 2.75) is 77.4 Å². The van der Waals surface area contributed by atoms with E-state index in [-0.39, 0.29) is 29.3 Å². The molecule has 138 valence electrons.